The van der Waals surface area contributed by atoms with Gasteiger partial charge in [0.2, 0.25) is 0 Å². The minimum absolute atomic E-state index is 0.0254. The van der Waals surface area contributed by atoms with E-state index in [-0.39, 0.29) is 17.9 Å². The molecule has 0 bridgehead atoms. The third kappa shape index (κ3) is 6.69. The van der Waals surface area contributed by atoms with E-state index in [0.29, 0.717) is 29.0 Å². The van der Waals surface area contributed by atoms with E-state index in [4.69, 9.17) is 14.2 Å². The fourth-order valence-electron chi connectivity index (χ4n) is 2.93. The van der Waals surface area contributed by atoms with Crippen molar-refractivity contribution in [3.63, 3.8) is 0 Å². The molecule has 172 valence electrons. The molecule has 0 aliphatic rings. The number of carbonyl (C=O) groups is 2. The average molecular weight is 449 g/mol. The molecule has 32 heavy (non-hydrogen) atoms. The first-order valence-electron chi connectivity index (χ1n) is 9.59. The summed E-state index contributed by atoms with van der Waals surface area (Å²) in [6.45, 7) is 0.519. The molecule has 9 heteroatoms. The van der Waals surface area contributed by atoms with Crippen molar-refractivity contribution in [3.8, 4) is 17.2 Å². The van der Waals surface area contributed by atoms with Gasteiger partial charge in [-0.1, -0.05) is 18.2 Å². The standard InChI is InChI=1S/C23H25F2NO6/c1-5-6-16-11-17(12-19(29-3)21(16)30-4)22(28)31-14-20(27)26(2)13-15-7-9-18(10-8-15)32-23(24)25/h5,7-12,23H,1,6,13-14H2,2-4H3. The SMILES string of the molecule is C=CCc1cc(C(=O)OCC(=O)N(C)Cc2ccc(OC(F)F)cc2)cc(OC)c1OC. The summed E-state index contributed by atoms with van der Waals surface area (Å²) in [6.07, 6.45) is 2.11. The van der Waals surface area contributed by atoms with Crippen LogP contribution in [-0.4, -0.2) is 51.3 Å². The Bertz CT molecular complexity index is 946. The Morgan fingerprint density at radius 2 is 1.81 bits per heavy atom. The Morgan fingerprint density at radius 3 is 2.38 bits per heavy atom. The van der Waals surface area contributed by atoms with Crippen LogP contribution >= 0.6 is 0 Å². The van der Waals surface area contributed by atoms with E-state index in [1.807, 2.05) is 0 Å². The quantitative estimate of drug-likeness (QED) is 0.383. The average Bonchev–Trinajstić information content (AvgIpc) is 2.77. The molecule has 0 aliphatic heterocycles. The normalized spacial score (nSPS) is 10.4. The zero-order chi connectivity index (χ0) is 23.7. The second-order valence-corrected chi connectivity index (χ2v) is 6.71. The van der Waals surface area contributed by atoms with E-state index in [2.05, 4.69) is 11.3 Å². The summed E-state index contributed by atoms with van der Waals surface area (Å²) in [7, 11) is 4.49. The van der Waals surface area contributed by atoms with Crippen molar-refractivity contribution in [3.05, 3.63) is 65.7 Å². The second kappa shape index (κ2) is 11.7. The first kappa shape index (κ1) is 24.6. The minimum atomic E-state index is -2.90. The van der Waals surface area contributed by atoms with Gasteiger partial charge in [0, 0.05) is 19.2 Å². The zero-order valence-electron chi connectivity index (χ0n) is 18.1. The number of halogens is 2. The Balaban J connectivity index is 1.99. The summed E-state index contributed by atoms with van der Waals surface area (Å²) >= 11 is 0. The molecule has 2 aromatic rings. The molecule has 0 heterocycles. The van der Waals surface area contributed by atoms with E-state index in [9.17, 15) is 18.4 Å². The Kier molecular flexibility index (Phi) is 9.00. The Hall–Kier alpha value is -3.62. The van der Waals surface area contributed by atoms with E-state index in [0.717, 1.165) is 0 Å². The molecule has 0 unspecified atom stereocenters. The maximum absolute atomic E-state index is 12.5. The first-order chi connectivity index (χ1) is 15.3. The van der Waals surface area contributed by atoms with E-state index in [1.165, 1.54) is 37.3 Å². The second-order valence-electron chi connectivity index (χ2n) is 6.71. The molecule has 0 atom stereocenters. The summed E-state index contributed by atoms with van der Waals surface area (Å²) in [6, 6.07) is 8.99. The van der Waals surface area contributed by atoms with Gasteiger partial charge in [-0.05, 0) is 36.2 Å². The van der Waals surface area contributed by atoms with Crippen LogP contribution in [0.5, 0.6) is 17.2 Å². The summed E-state index contributed by atoms with van der Waals surface area (Å²) in [5.41, 5.74) is 1.60. The van der Waals surface area contributed by atoms with Gasteiger partial charge in [-0.25, -0.2) is 4.79 Å². The Morgan fingerprint density at radius 1 is 1.12 bits per heavy atom. The highest BCUT2D eigenvalue weighted by atomic mass is 19.3. The van der Waals surface area contributed by atoms with Crippen LogP contribution in [0.1, 0.15) is 21.5 Å². The summed E-state index contributed by atoms with van der Waals surface area (Å²) < 4.78 is 44.5. The number of allylic oxidation sites excluding steroid dienone is 1. The van der Waals surface area contributed by atoms with Crippen molar-refractivity contribution in [1.82, 2.24) is 4.90 Å². The van der Waals surface area contributed by atoms with Crippen molar-refractivity contribution in [2.75, 3.05) is 27.9 Å². The summed E-state index contributed by atoms with van der Waals surface area (Å²) in [4.78, 5) is 26.2. The molecule has 1 amide bonds. The van der Waals surface area contributed by atoms with Crippen LogP contribution in [0.3, 0.4) is 0 Å². The van der Waals surface area contributed by atoms with Gasteiger partial charge in [0.05, 0.1) is 19.8 Å². The highest BCUT2D eigenvalue weighted by Gasteiger charge is 2.18. The number of hydrogen-bond acceptors (Lipinski definition) is 6. The molecule has 0 saturated carbocycles. The fraction of sp³-hybridized carbons (Fsp3) is 0.304. The predicted octanol–water partition coefficient (Wildman–Crippen LogP) is 3.85. The van der Waals surface area contributed by atoms with Crippen LogP contribution in [-0.2, 0) is 22.5 Å². The molecule has 2 aromatic carbocycles. The van der Waals surface area contributed by atoms with Crippen molar-refractivity contribution in [2.45, 2.75) is 19.6 Å². The van der Waals surface area contributed by atoms with Crippen molar-refractivity contribution in [1.29, 1.82) is 0 Å². The van der Waals surface area contributed by atoms with Crippen LogP contribution in [0.25, 0.3) is 0 Å². The lowest BCUT2D eigenvalue weighted by atomic mass is 10.1. The summed E-state index contributed by atoms with van der Waals surface area (Å²) in [5.74, 6) is -0.242. The van der Waals surface area contributed by atoms with Gasteiger partial charge in [0.1, 0.15) is 5.75 Å². The number of benzene rings is 2. The molecular weight excluding hydrogens is 424 g/mol. The van der Waals surface area contributed by atoms with Gasteiger partial charge in [-0.15, -0.1) is 6.58 Å². The zero-order valence-corrected chi connectivity index (χ0v) is 18.1. The lowest BCUT2D eigenvalue weighted by Gasteiger charge is -2.18. The number of carbonyl (C=O) groups excluding carboxylic acids is 2. The van der Waals surface area contributed by atoms with Gasteiger partial charge in [0.25, 0.3) is 5.91 Å². The van der Waals surface area contributed by atoms with Crippen LogP contribution < -0.4 is 14.2 Å². The molecule has 0 radical (unpaired) electrons. The number of rotatable bonds is 11. The molecule has 0 saturated heterocycles. The molecule has 7 nitrogen and oxygen atoms in total. The van der Waals surface area contributed by atoms with Gasteiger partial charge < -0.3 is 23.8 Å². The van der Waals surface area contributed by atoms with Gasteiger partial charge in [-0.2, -0.15) is 8.78 Å². The molecule has 0 fully saturated rings. The number of nitrogens with zero attached hydrogens (tertiary/aromatic N) is 1. The monoisotopic (exact) mass is 449 g/mol. The number of methoxy groups -OCH3 is 2. The van der Waals surface area contributed by atoms with Crippen LogP contribution in [0.4, 0.5) is 8.78 Å². The van der Waals surface area contributed by atoms with Crippen molar-refractivity contribution in [2.24, 2.45) is 0 Å². The van der Waals surface area contributed by atoms with E-state index in [1.54, 1.807) is 31.3 Å². The van der Waals surface area contributed by atoms with E-state index >= 15 is 0 Å². The third-order valence-electron chi connectivity index (χ3n) is 4.48. The lowest BCUT2D eigenvalue weighted by Crippen LogP contribution is -2.30. The topological polar surface area (TPSA) is 74.3 Å². The summed E-state index contributed by atoms with van der Waals surface area (Å²) in [5, 5.41) is 0. The molecular formula is C23H25F2NO6. The number of likely N-dealkylation sites (N-methyl/N-ethyl adjacent to an activating group) is 1. The molecule has 0 aromatic heterocycles. The molecule has 2 rings (SSSR count). The Labute approximate surface area is 185 Å². The molecule has 0 spiro atoms. The molecule has 0 N–H and O–H groups in total. The maximum Gasteiger partial charge on any atom is 0.387 e. The minimum Gasteiger partial charge on any atom is -0.493 e. The third-order valence-corrected chi connectivity index (χ3v) is 4.48. The van der Waals surface area contributed by atoms with Crippen LogP contribution in [0, 0.1) is 0 Å². The largest absolute Gasteiger partial charge is 0.493 e. The number of hydrogen-bond donors (Lipinski definition) is 0. The number of amides is 1. The predicted molar refractivity (Wildman–Crippen MR) is 113 cm³/mol. The van der Waals surface area contributed by atoms with E-state index < -0.39 is 25.1 Å². The highest BCUT2D eigenvalue weighted by molar-refractivity contribution is 5.92. The molecule has 0 aliphatic carbocycles. The van der Waals surface area contributed by atoms with Gasteiger partial charge in [0.15, 0.2) is 18.1 Å². The number of alkyl halides is 2. The first-order valence-corrected chi connectivity index (χ1v) is 9.59. The maximum atomic E-state index is 12.5. The fourth-order valence-corrected chi connectivity index (χ4v) is 2.93. The number of esters is 1. The van der Waals surface area contributed by atoms with Crippen molar-refractivity contribution >= 4 is 11.9 Å². The van der Waals surface area contributed by atoms with Gasteiger partial charge in [-0.3, -0.25) is 4.79 Å². The van der Waals surface area contributed by atoms with Crippen molar-refractivity contribution < 1.29 is 37.3 Å². The number of ether oxygens (including phenoxy) is 4. The lowest BCUT2D eigenvalue weighted by molar-refractivity contribution is -0.133. The van der Waals surface area contributed by atoms with Gasteiger partial charge >= 0.3 is 12.6 Å². The smallest absolute Gasteiger partial charge is 0.387 e. The highest BCUT2D eigenvalue weighted by Crippen LogP contribution is 2.33. The van der Waals surface area contributed by atoms with Crippen LogP contribution in [0.2, 0.25) is 0 Å². The van der Waals surface area contributed by atoms with Crippen LogP contribution in [0.15, 0.2) is 49.1 Å².